The van der Waals surface area contributed by atoms with Crippen molar-refractivity contribution in [2.75, 3.05) is 0 Å². The van der Waals surface area contributed by atoms with E-state index in [2.05, 4.69) is 9.71 Å². The summed E-state index contributed by atoms with van der Waals surface area (Å²) in [5.41, 5.74) is 2.25. The van der Waals surface area contributed by atoms with Crippen molar-refractivity contribution in [1.82, 2.24) is 14.3 Å². The zero-order valence-electron chi connectivity index (χ0n) is 15.3. The van der Waals surface area contributed by atoms with Crippen LogP contribution in [0.1, 0.15) is 35.0 Å². The highest BCUT2D eigenvalue weighted by molar-refractivity contribution is 7.93. The van der Waals surface area contributed by atoms with E-state index in [0.717, 1.165) is 11.1 Å². The molecule has 1 heterocycles. The van der Waals surface area contributed by atoms with E-state index < -0.39 is 21.9 Å². The van der Waals surface area contributed by atoms with Gasteiger partial charge in [-0.05, 0) is 36.1 Å². The first-order chi connectivity index (χ1) is 13.5. The number of imidazole rings is 1. The average Bonchev–Trinajstić information content (AvgIpc) is 3.12. The molecule has 4 rings (SSSR count). The minimum absolute atomic E-state index is 0.234. The fourth-order valence-corrected chi connectivity index (χ4v) is 4.82. The maximum absolute atomic E-state index is 14.5. The third-order valence-electron chi connectivity index (χ3n) is 4.96. The molecule has 0 amide bonds. The zero-order valence-corrected chi connectivity index (χ0v) is 16.2. The van der Waals surface area contributed by atoms with Gasteiger partial charge in [0.05, 0.1) is 4.91 Å². The Morgan fingerprint density at radius 3 is 2.61 bits per heavy atom. The lowest BCUT2D eigenvalue weighted by Crippen LogP contribution is -2.33. The molecular formula is C21H20FN3O2S. The van der Waals surface area contributed by atoms with Gasteiger partial charge in [-0.2, -0.15) is 4.72 Å². The van der Waals surface area contributed by atoms with Crippen LogP contribution < -0.4 is 4.72 Å². The predicted molar refractivity (Wildman–Crippen MR) is 106 cm³/mol. The molecular weight excluding hydrogens is 377 g/mol. The van der Waals surface area contributed by atoms with E-state index in [0.29, 0.717) is 23.6 Å². The summed E-state index contributed by atoms with van der Waals surface area (Å²) in [6.07, 6.45) is 6.01. The maximum Gasteiger partial charge on any atom is 0.237 e. The third kappa shape index (κ3) is 3.50. The van der Waals surface area contributed by atoms with Crippen LogP contribution in [0, 0.1) is 5.82 Å². The van der Waals surface area contributed by atoms with Crippen molar-refractivity contribution in [3.05, 3.63) is 94.2 Å². The number of nitrogens with zero attached hydrogens (tertiary/aromatic N) is 2. The molecule has 0 fully saturated rings. The highest BCUT2D eigenvalue weighted by atomic mass is 32.2. The van der Waals surface area contributed by atoms with Crippen molar-refractivity contribution in [1.29, 1.82) is 0 Å². The molecule has 3 aromatic rings. The molecule has 0 saturated carbocycles. The van der Waals surface area contributed by atoms with Gasteiger partial charge in [-0.3, -0.25) is 0 Å². The molecule has 0 aliphatic heterocycles. The number of allylic oxidation sites excluding steroid dienone is 1. The molecule has 0 spiro atoms. The van der Waals surface area contributed by atoms with E-state index in [1.54, 1.807) is 48.3 Å². The molecule has 1 aliphatic carbocycles. The SMILES string of the molecule is Cn1ccnc1[C@H](NS(=O)(=O)C1=Cc2ccccc2CC1)c1ccccc1F. The number of aryl methyl sites for hydroxylation is 2. The summed E-state index contributed by atoms with van der Waals surface area (Å²) in [4.78, 5) is 4.54. The predicted octanol–water partition coefficient (Wildman–Crippen LogP) is 3.56. The van der Waals surface area contributed by atoms with Crippen molar-refractivity contribution in [3.63, 3.8) is 0 Å². The van der Waals surface area contributed by atoms with Gasteiger partial charge in [0.25, 0.3) is 0 Å². The minimum atomic E-state index is -3.84. The summed E-state index contributed by atoms with van der Waals surface area (Å²) >= 11 is 0. The van der Waals surface area contributed by atoms with Crippen molar-refractivity contribution in [2.24, 2.45) is 7.05 Å². The van der Waals surface area contributed by atoms with Gasteiger partial charge in [-0.1, -0.05) is 42.5 Å². The van der Waals surface area contributed by atoms with Gasteiger partial charge < -0.3 is 4.57 Å². The Labute approximate surface area is 163 Å². The topological polar surface area (TPSA) is 64.0 Å². The fourth-order valence-electron chi connectivity index (χ4n) is 3.47. The quantitative estimate of drug-likeness (QED) is 0.716. The first kappa shape index (κ1) is 18.6. The van der Waals surface area contributed by atoms with Crippen molar-refractivity contribution >= 4 is 16.1 Å². The average molecular weight is 397 g/mol. The molecule has 1 atom stereocenters. The number of fused-ring (bicyclic) bond motifs is 1. The summed E-state index contributed by atoms with van der Waals surface area (Å²) in [6, 6.07) is 12.9. The molecule has 7 heteroatoms. The Balaban J connectivity index is 1.74. The molecule has 1 aliphatic rings. The van der Waals surface area contributed by atoms with Crippen LogP contribution in [0.15, 0.2) is 65.8 Å². The van der Waals surface area contributed by atoms with Crippen molar-refractivity contribution in [2.45, 2.75) is 18.9 Å². The van der Waals surface area contributed by atoms with Crippen LogP contribution in [0.25, 0.3) is 6.08 Å². The van der Waals surface area contributed by atoms with E-state index in [1.165, 1.54) is 6.07 Å². The maximum atomic E-state index is 14.5. The van der Waals surface area contributed by atoms with E-state index in [9.17, 15) is 12.8 Å². The van der Waals surface area contributed by atoms with E-state index in [1.807, 2.05) is 24.3 Å². The number of sulfonamides is 1. The van der Waals surface area contributed by atoms with Crippen LogP contribution in [0.3, 0.4) is 0 Å². The van der Waals surface area contributed by atoms with E-state index in [4.69, 9.17) is 0 Å². The first-order valence-electron chi connectivity index (χ1n) is 8.98. The summed E-state index contributed by atoms with van der Waals surface area (Å²) in [7, 11) is -2.09. The number of hydrogen-bond acceptors (Lipinski definition) is 3. The molecule has 2 aromatic carbocycles. The highest BCUT2D eigenvalue weighted by Gasteiger charge is 2.29. The van der Waals surface area contributed by atoms with Crippen LogP contribution in [0.2, 0.25) is 0 Å². The van der Waals surface area contributed by atoms with Crippen LogP contribution >= 0.6 is 0 Å². The molecule has 1 aromatic heterocycles. The molecule has 144 valence electrons. The Hall–Kier alpha value is -2.77. The molecule has 0 saturated heterocycles. The Morgan fingerprint density at radius 1 is 1.11 bits per heavy atom. The monoisotopic (exact) mass is 397 g/mol. The van der Waals surface area contributed by atoms with Gasteiger partial charge in [0.2, 0.25) is 10.0 Å². The lowest BCUT2D eigenvalue weighted by Gasteiger charge is -2.22. The van der Waals surface area contributed by atoms with Crippen molar-refractivity contribution < 1.29 is 12.8 Å². The molecule has 0 bridgehead atoms. The van der Waals surface area contributed by atoms with E-state index >= 15 is 0 Å². The Morgan fingerprint density at radius 2 is 1.86 bits per heavy atom. The van der Waals surface area contributed by atoms with Gasteiger partial charge in [-0.15, -0.1) is 0 Å². The summed E-state index contributed by atoms with van der Waals surface area (Å²) in [5.74, 6) is -0.0633. The second kappa shape index (κ2) is 7.33. The number of aromatic nitrogens is 2. The van der Waals surface area contributed by atoms with Gasteiger partial charge in [0.1, 0.15) is 17.7 Å². The van der Waals surface area contributed by atoms with Crippen LogP contribution in [-0.2, 0) is 23.5 Å². The number of nitrogens with one attached hydrogen (secondary N) is 1. The van der Waals surface area contributed by atoms with Gasteiger partial charge in [0, 0.05) is 25.0 Å². The summed E-state index contributed by atoms with van der Waals surface area (Å²) in [5, 5.41) is 0. The normalized spacial score (nSPS) is 15.0. The number of rotatable bonds is 5. The second-order valence-electron chi connectivity index (χ2n) is 6.78. The Kier molecular flexibility index (Phi) is 4.87. The minimum Gasteiger partial charge on any atom is -0.336 e. The lowest BCUT2D eigenvalue weighted by atomic mass is 9.98. The van der Waals surface area contributed by atoms with Gasteiger partial charge in [0.15, 0.2) is 0 Å². The number of hydrogen-bond donors (Lipinski definition) is 1. The summed E-state index contributed by atoms with van der Waals surface area (Å²) in [6.45, 7) is 0. The number of halogens is 1. The van der Waals surface area contributed by atoms with Crippen molar-refractivity contribution in [3.8, 4) is 0 Å². The third-order valence-corrected chi connectivity index (χ3v) is 6.52. The second-order valence-corrected chi connectivity index (χ2v) is 8.55. The van der Waals surface area contributed by atoms with Crippen LogP contribution in [-0.4, -0.2) is 18.0 Å². The largest absolute Gasteiger partial charge is 0.336 e. The Bertz CT molecular complexity index is 1150. The first-order valence-corrected chi connectivity index (χ1v) is 10.5. The van der Waals surface area contributed by atoms with E-state index in [-0.39, 0.29) is 5.56 Å². The molecule has 1 N–H and O–H groups in total. The zero-order chi connectivity index (χ0) is 19.7. The smallest absolute Gasteiger partial charge is 0.237 e. The molecule has 5 nitrogen and oxygen atoms in total. The lowest BCUT2D eigenvalue weighted by molar-refractivity contribution is 0.547. The van der Waals surface area contributed by atoms with Crippen LogP contribution in [0.5, 0.6) is 0 Å². The molecule has 28 heavy (non-hydrogen) atoms. The molecule has 0 unspecified atom stereocenters. The molecule has 0 radical (unpaired) electrons. The number of benzene rings is 2. The highest BCUT2D eigenvalue weighted by Crippen LogP contribution is 2.30. The van der Waals surface area contributed by atoms with Crippen LogP contribution in [0.4, 0.5) is 4.39 Å². The standard InChI is InChI=1S/C21H20FN3O2S/c1-25-13-12-23-21(25)20(18-8-4-5-9-19(18)22)24-28(26,27)17-11-10-15-6-2-3-7-16(15)14-17/h2-9,12-14,20,24H,10-11H2,1H3/t20-/m1/s1. The fraction of sp³-hybridized carbons (Fsp3) is 0.190. The summed E-state index contributed by atoms with van der Waals surface area (Å²) < 4.78 is 45.2. The van der Waals surface area contributed by atoms with Gasteiger partial charge in [-0.25, -0.2) is 17.8 Å². The van der Waals surface area contributed by atoms with Gasteiger partial charge >= 0.3 is 0 Å².